The van der Waals surface area contributed by atoms with E-state index in [0.717, 1.165) is 19.0 Å². The van der Waals surface area contributed by atoms with Crippen LogP contribution in [0.4, 0.5) is 0 Å². The quantitative estimate of drug-likeness (QED) is 0.465. The number of nitrogens with zero attached hydrogens (tertiary/aromatic N) is 5. The molecule has 3 aromatic rings. The van der Waals surface area contributed by atoms with Crippen LogP contribution >= 0.6 is 45.2 Å². The molecule has 8 nitrogen and oxygen atoms in total. The highest BCUT2D eigenvalue weighted by Crippen LogP contribution is 2.35. The third-order valence-corrected chi connectivity index (χ3v) is 7.37. The molecule has 4 rings (SSSR count). The average molecular weight is 603 g/mol. The molecule has 10 heteroatoms. The second kappa shape index (κ2) is 7.46. The van der Waals surface area contributed by atoms with Crippen molar-refractivity contribution in [2.24, 2.45) is 0 Å². The van der Waals surface area contributed by atoms with Gasteiger partial charge in [-0.05, 0) is 50.7 Å². The predicted molar refractivity (Wildman–Crippen MR) is 118 cm³/mol. The number of halogens is 2. The number of likely N-dealkylation sites (N-methyl/N-ethyl adjacent to an activating group) is 1. The lowest BCUT2D eigenvalue weighted by atomic mass is 9.97. The number of carbonyl (C=O) groups excluding carboxylic acids is 1. The van der Waals surface area contributed by atoms with E-state index in [-0.39, 0.29) is 17.8 Å². The molecule has 0 saturated heterocycles. The lowest BCUT2D eigenvalue weighted by Crippen LogP contribution is -2.46. The van der Waals surface area contributed by atoms with Crippen LogP contribution in [0.25, 0.3) is 0 Å². The standard InChI is InChI=1S/C18H15I2N5O3/c1-23-9-12(25-15(18(23)28)16(27)13(26)7-21-25)14(10-5-3-2-4-6-10)24-8-11(19)17(20)22-24/h2-8,12,14,27H,9H2,1H3/t12-,14+/m1/s1. The molecule has 0 radical (unpaired) electrons. The largest absolute Gasteiger partial charge is 0.502 e. The van der Waals surface area contributed by atoms with Crippen LogP contribution in [-0.2, 0) is 0 Å². The van der Waals surface area contributed by atoms with E-state index < -0.39 is 17.1 Å². The van der Waals surface area contributed by atoms with Gasteiger partial charge < -0.3 is 10.0 Å². The molecule has 2 atom stereocenters. The Morgan fingerprint density at radius 2 is 1.93 bits per heavy atom. The molecule has 0 saturated carbocycles. The Morgan fingerprint density at radius 1 is 1.21 bits per heavy atom. The predicted octanol–water partition coefficient (Wildman–Crippen LogP) is 2.27. The van der Waals surface area contributed by atoms with E-state index in [1.54, 1.807) is 7.05 Å². The summed E-state index contributed by atoms with van der Waals surface area (Å²) in [6.45, 7) is 0.355. The zero-order valence-electron chi connectivity index (χ0n) is 14.7. The smallest absolute Gasteiger partial charge is 0.275 e. The number of hydrogen-bond acceptors (Lipinski definition) is 5. The van der Waals surface area contributed by atoms with Crippen LogP contribution in [0.2, 0.25) is 0 Å². The zero-order chi connectivity index (χ0) is 20.0. The number of amides is 1. The number of aromatic hydroxyl groups is 1. The van der Waals surface area contributed by atoms with Crippen molar-refractivity contribution in [3.63, 3.8) is 0 Å². The topological polar surface area (TPSA) is 93.2 Å². The van der Waals surface area contributed by atoms with Crippen molar-refractivity contribution in [1.82, 2.24) is 24.5 Å². The summed E-state index contributed by atoms with van der Waals surface area (Å²) in [5.41, 5.74) is 0.216. The van der Waals surface area contributed by atoms with Crippen molar-refractivity contribution in [3.8, 4) is 5.75 Å². The molecular formula is C18H15I2N5O3. The molecule has 1 aliphatic heterocycles. The van der Waals surface area contributed by atoms with E-state index >= 15 is 0 Å². The highest BCUT2D eigenvalue weighted by atomic mass is 127. The van der Waals surface area contributed by atoms with Gasteiger partial charge in [-0.15, -0.1) is 0 Å². The number of fused-ring (bicyclic) bond motifs is 1. The minimum absolute atomic E-state index is 0.0938. The summed E-state index contributed by atoms with van der Waals surface area (Å²) < 4.78 is 5.19. The summed E-state index contributed by atoms with van der Waals surface area (Å²) >= 11 is 4.40. The second-order valence-corrected chi connectivity index (χ2v) is 8.69. The summed E-state index contributed by atoms with van der Waals surface area (Å²) in [7, 11) is 1.65. The molecule has 1 N–H and O–H groups in total. The number of rotatable bonds is 3. The van der Waals surface area contributed by atoms with E-state index in [2.05, 4.69) is 55.4 Å². The van der Waals surface area contributed by atoms with E-state index in [1.165, 1.54) is 9.58 Å². The monoisotopic (exact) mass is 603 g/mol. The highest BCUT2D eigenvalue weighted by molar-refractivity contribution is 14.1. The van der Waals surface area contributed by atoms with Crippen LogP contribution in [0, 0.1) is 7.27 Å². The lowest BCUT2D eigenvalue weighted by molar-refractivity contribution is 0.0667. The molecule has 0 unspecified atom stereocenters. The Balaban J connectivity index is 1.95. The Labute approximate surface area is 187 Å². The first-order valence-corrected chi connectivity index (χ1v) is 10.6. The van der Waals surface area contributed by atoms with Gasteiger partial charge in [0.15, 0.2) is 11.4 Å². The minimum atomic E-state index is -0.673. The van der Waals surface area contributed by atoms with Gasteiger partial charge in [0.25, 0.3) is 5.91 Å². The minimum Gasteiger partial charge on any atom is -0.502 e. The Kier molecular flexibility index (Phi) is 5.16. The van der Waals surface area contributed by atoms with E-state index in [9.17, 15) is 14.7 Å². The first kappa shape index (κ1) is 19.4. The molecule has 0 fully saturated rings. The van der Waals surface area contributed by atoms with Gasteiger partial charge in [-0.3, -0.25) is 14.3 Å². The van der Waals surface area contributed by atoms with Gasteiger partial charge in [0.05, 0.1) is 15.8 Å². The van der Waals surface area contributed by atoms with Gasteiger partial charge in [0, 0.05) is 19.8 Å². The maximum atomic E-state index is 12.6. The van der Waals surface area contributed by atoms with E-state index in [4.69, 9.17) is 0 Å². The number of benzene rings is 1. The molecule has 28 heavy (non-hydrogen) atoms. The van der Waals surface area contributed by atoms with E-state index in [1.807, 2.05) is 41.2 Å². The average Bonchev–Trinajstić information content (AvgIpc) is 3.01. The van der Waals surface area contributed by atoms with Gasteiger partial charge in [0.2, 0.25) is 5.43 Å². The van der Waals surface area contributed by atoms with Crippen LogP contribution in [0.5, 0.6) is 5.75 Å². The first-order chi connectivity index (χ1) is 13.4. The molecule has 0 aliphatic carbocycles. The maximum Gasteiger partial charge on any atom is 0.275 e. The van der Waals surface area contributed by atoms with Crippen molar-refractivity contribution in [2.45, 2.75) is 12.1 Å². The SMILES string of the molecule is CN1C[C@H]([C@H](c2ccccc2)n2cc(I)c(I)n2)n2ncc(=O)c(O)c2C1=O. The Morgan fingerprint density at radius 3 is 2.57 bits per heavy atom. The van der Waals surface area contributed by atoms with Gasteiger partial charge in [0.1, 0.15) is 9.74 Å². The van der Waals surface area contributed by atoms with Gasteiger partial charge in [-0.2, -0.15) is 10.2 Å². The zero-order valence-corrected chi connectivity index (χ0v) is 19.0. The van der Waals surface area contributed by atoms with Crippen LogP contribution in [0.1, 0.15) is 28.1 Å². The van der Waals surface area contributed by atoms with Gasteiger partial charge >= 0.3 is 0 Å². The molecule has 0 spiro atoms. The fourth-order valence-electron chi connectivity index (χ4n) is 3.46. The van der Waals surface area contributed by atoms with Crippen molar-refractivity contribution in [3.05, 3.63) is 71.5 Å². The van der Waals surface area contributed by atoms with Gasteiger partial charge in [-0.1, -0.05) is 30.3 Å². The number of hydrogen-bond donors (Lipinski definition) is 1. The molecule has 3 heterocycles. The summed E-state index contributed by atoms with van der Waals surface area (Å²) in [6.07, 6.45) is 2.99. The van der Waals surface area contributed by atoms with Crippen LogP contribution < -0.4 is 5.43 Å². The molecule has 2 aromatic heterocycles. The fourth-order valence-corrected chi connectivity index (χ4v) is 4.24. The summed E-state index contributed by atoms with van der Waals surface area (Å²) in [5.74, 6) is -1.01. The van der Waals surface area contributed by atoms with Crippen LogP contribution in [0.15, 0.2) is 47.5 Å². The normalized spacial score (nSPS) is 17.5. The van der Waals surface area contributed by atoms with Crippen molar-refractivity contribution in [1.29, 1.82) is 0 Å². The first-order valence-electron chi connectivity index (χ1n) is 8.40. The third kappa shape index (κ3) is 3.21. The van der Waals surface area contributed by atoms with Crippen LogP contribution in [-0.4, -0.2) is 49.1 Å². The highest BCUT2D eigenvalue weighted by Gasteiger charge is 2.39. The number of aromatic nitrogens is 4. The Hall–Kier alpha value is -1.96. The molecule has 1 aromatic carbocycles. The van der Waals surface area contributed by atoms with E-state index in [0.29, 0.717) is 6.54 Å². The van der Waals surface area contributed by atoms with Crippen molar-refractivity contribution >= 4 is 51.1 Å². The molecular weight excluding hydrogens is 588 g/mol. The summed E-state index contributed by atoms with van der Waals surface area (Å²) in [4.78, 5) is 26.0. The van der Waals surface area contributed by atoms with Crippen molar-refractivity contribution in [2.75, 3.05) is 13.6 Å². The maximum absolute atomic E-state index is 12.6. The number of carbonyl (C=O) groups is 1. The fraction of sp³-hybridized carbons (Fsp3) is 0.222. The van der Waals surface area contributed by atoms with Crippen molar-refractivity contribution < 1.29 is 9.90 Å². The summed E-state index contributed by atoms with van der Waals surface area (Å²) in [5, 5.41) is 19.1. The second-order valence-electron chi connectivity index (χ2n) is 6.51. The molecule has 1 aliphatic rings. The molecule has 0 bridgehead atoms. The molecule has 1 amide bonds. The lowest BCUT2D eigenvalue weighted by Gasteiger charge is -2.37. The third-order valence-electron chi connectivity index (χ3n) is 4.75. The summed E-state index contributed by atoms with van der Waals surface area (Å²) in [6, 6.07) is 9.14. The Bertz CT molecular complexity index is 1090. The van der Waals surface area contributed by atoms with Gasteiger partial charge in [-0.25, -0.2) is 4.68 Å². The van der Waals surface area contributed by atoms with Crippen LogP contribution in [0.3, 0.4) is 0 Å². The molecule has 144 valence electrons.